The standard InChI is InChI=1S/C19H19F3N2O4/c20-19(21,22)13-28-16-9-8-15(11-23-16)18(27)24(10-4-7-17(25)26)12-14-5-2-1-3-6-14/h1-3,5-6,8-9,11H,4,7,10,12-13H2,(H,25,26). The average molecular weight is 396 g/mol. The highest BCUT2D eigenvalue weighted by molar-refractivity contribution is 5.94. The van der Waals surface area contributed by atoms with Crippen LogP contribution in [0.5, 0.6) is 5.88 Å². The van der Waals surface area contributed by atoms with E-state index in [0.717, 1.165) is 11.8 Å². The van der Waals surface area contributed by atoms with Gasteiger partial charge in [0.2, 0.25) is 5.88 Å². The van der Waals surface area contributed by atoms with Gasteiger partial charge in [-0.2, -0.15) is 13.2 Å². The summed E-state index contributed by atoms with van der Waals surface area (Å²) in [6, 6.07) is 11.7. The van der Waals surface area contributed by atoms with Gasteiger partial charge >= 0.3 is 12.1 Å². The molecule has 0 saturated carbocycles. The Balaban J connectivity index is 2.08. The molecular weight excluding hydrogens is 377 g/mol. The van der Waals surface area contributed by atoms with Crippen LogP contribution in [0.3, 0.4) is 0 Å². The number of benzene rings is 1. The summed E-state index contributed by atoms with van der Waals surface area (Å²) in [5.41, 5.74) is 1.04. The second-order valence-corrected chi connectivity index (χ2v) is 6.00. The SMILES string of the molecule is O=C(O)CCCN(Cc1ccccc1)C(=O)c1ccc(OCC(F)(F)F)nc1. The van der Waals surface area contributed by atoms with Crippen LogP contribution in [0, 0.1) is 0 Å². The smallest absolute Gasteiger partial charge is 0.422 e. The van der Waals surface area contributed by atoms with E-state index in [-0.39, 0.29) is 37.4 Å². The minimum atomic E-state index is -4.48. The number of ether oxygens (including phenoxy) is 1. The van der Waals surface area contributed by atoms with E-state index in [2.05, 4.69) is 9.72 Å². The van der Waals surface area contributed by atoms with Crippen LogP contribution in [0.1, 0.15) is 28.8 Å². The Morgan fingerprint density at radius 3 is 2.39 bits per heavy atom. The molecule has 0 atom stereocenters. The van der Waals surface area contributed by atoms with Crippen molar-refractivity contribution in [2.45, 2.75) is 25.6 Å². The number of carbonyl (C=O) groups is 2. The van der Waals surface area contributed by atoms with Crippen LogP contribution in [0.15, 0.2) is 48.7 Å². The number of pyridine rings is 1. The van der Waals surface area contributed by atoms with E-state index in [1.165, 1.54) is 17.0 Å². The maximum Gasteiger partial charge on any atom is 0.422 e. The lowest BCUT2D eigenvalue weighted by Gasteiger charge is -2.23. The number of carboxylic acids is 1. The molecule has 0 unspecified atom stereocenters. The Kier molecular flexibility index (Phi) is 7.36. The molecule has 0 radical (unpaired) electrons. The van der Waals surface area contributed by atoms with E-state index < -0.39 is 24.7 Å². The van der Waals surface area contributed by atoms with Crippen molar-refractivity contribution in [3.8, 4) is 5.88 Å². The van der Waals surface area contributed by atoms with Crippen molar-refractivity contribution >= 4 is 11.9 Å². The van der Waals surface area contributed by atoms with Crippen LogP contribution >= 0.6 is 0 Å². The molecule has 1 aromatic carbocycles. The molecule has 0 aliphatic heterocycles. The summed E-state index contributed by atoms with van der Waals surface area (Å²) in [4.78, 5) is 28.7. The number of halogens is 3. The van der Waals surface area contributed by atoms with Crippen molar-refractivity contribution in [1.82, 2.24) is 9.88 Å². The molecule has 1 heterocycles. The van der Waals surface area contributed by atoms with Gasteiger partial charge in [0.1, 0.15) is 0 Å². The van der Waals surface area contributed by atoms with Gasteiger partial charge < -0.3 is 14.7 Å². The fourth-order valence-electron chi connectivity index (χ4n) is 2.41. The molecule has 0 fully saturated rings. The number of amides is 1. The molecular formula is C19H19F3N2O4. The summed E-state index contributed by atoms with van der Waals surface area (Å²) in [5, 5.41) is 8.80. The van der Waals surface area contributed by atoms with Gasteiger partial charge in [-0.05, 0) is 18.1 Å². The number of rotatable bonds is 9. The second kappa shape index (κ2) is 9.72. The third kappa shape index (κ3) is 7.26. The molecule has 28 heavy (non-hydrogen) atoms. The third-order valence-corrected chi connectivity index (χ3v) is 3.69. The van der Waals surface area contributed by atoms with Crippen LogP contribution in [0.2, 0.25) is 0 Å². The van der Waals surface area contributed by atoms with E-state index in [4.69, 9.17) is 5.11 Å². The molecule has 150 valence electrons. The van der Waals surface area contributed by atoms with Gasteiger partial charge in [-0.15, -0.1) is 0 Å². The fourth-order valence-corrected chi connectivity index (χ4v) is 2.41. The van der Waals surface area contributed by atoms with E-state index in [1.54, 1.807) is 0 Å². The molecule has 0 saturated heterocycles. The predicted octanol–water partition coefficient (Wildman–Crippen LogP) is 3.53. The Bertz CT molecular complexity index is 780. The average Bonchev–Trinajstić information content (AvgIpc) is 2.65. The van der Waals surface area contributed by atoms with Crippen LogP contribution in [0.4, 0.5) is 13.2 Å². The molecule has 0 aliphatic rings. The zero-order valence-corrected chi connectivity index (χ0v) is 14.9. The predicted molar refractivity (Wildman–Crippen MR) is 93.8 cm³/mol. The van der Waals surface area contributed by atoms with Crippen molar-refractivity contribution in [2.24, 2.45) is 0 Å². The van der Waals surface area contributed by atoms with E-state index >= 15 is 0 Å². The van der Waals surface area contributed by atoms with Crippen molar-refractivity contribution < 1.29 is 32.6 Å². The summed E-state index contributed by atoms with van der Waals surface area (Å²) < 4.78 is 41.1. The Labute approximate surface area is 159 Å². The lowest BCUT2D eigenvalue weighted by Crippen LogP contribution is -2.32. The molecule has 2 rings (SSSR count). The van der Waals surface area contributed by atoms with Gasteiger partial charge in [0.05, 0.1) is 5.56 Å². The van der Waals surface area contributed by atoms with Crippen molar-refractivity contribution in [2.75, 3.05) is 13.2 Å². The molecule has 9 heteroatoms. The largest absolute Gasteiger partial charge is 0.481 e. The number of aromatic nitrogens is 1. The van der Waals surface area contributed by atoms with Gasteiger partial charge in [0.15, 0.2) is 6.61 Å². The minimum Gasteiger partial charge on any atom is -0.481 e. The van der Waals surface area contributed by atoms with E-state index in [0.29, 0.717) is 0 Å². The van der Waals surface area contributed by atoms with Crippen molar-refractivity contribution in [1.29, 1.82) is 0 Å². The quantitative estimate of drug-likeness (QED) is 0.702. The van der Waals surface area contributed by atoms with Crippen LogP contribution in [-0.2, 0) is 11.3 Å². The molecule has 1 N–H and O–H groups in total. The van der Waals surface area contributed by atoms with Gasteiger partial charge in [-0.3, -0.25) is 9.59 Å². The number of carbonyl (C=O) groups excluding carboxylic acids is 1. The molecule has 1 aromatic heterocycles. The first-order valence-electron chi connectivity index (χ1n) is 8.45. The zero-order chi connectivity index (χ0) is 20.6. The first kappa shape index (κ1) is 21.2. The Morgan fingerprint density at radius 1 is 1.11 bits per heavy atom. The summed E-state index contributed by atoms with van der Waals surface area (Å²) in [6.07, 6.45) is -3.15. The normalized spacial score (nSPS) is 11.1. The summed E-state index contributed by atoms with van der Waals surface area (Å²) in [5.74, 6) is -1.60. The third-order valence-electron chi connectivity index (χ3n) is 3.69. The second-order valence-electron chi connectivity index (χ2n) is 6.00. The summed E-state index contributed by atoms with van der Waals surface area (Å²) in [6.45, 7) is -0.986. The number of aliphatic carboxylic acids is 1. The first-order chi connectivity index (χ1) is 13.2. The minimum absolute atomic E-state index is 0.0823. The Morgan fingerprint density at radius 2 is 1.82 bits per heavy atom. The maximum atomic E-state index is 12.8. The van der Waals surface area contributed by atoms with Crippen LogP contribution in [-0.4, -0.2) is 46.2 Å². The molecule has 0 spiro atoms. The first-order valence-corrected chi connectivity index (χ1v) is 8.45. The highest BCUT2D eigenvalue weighted by atomic mass is 19.4. The van der Waals surface area contributed by atoms with Crippen molar-refractivity contribution in [3.63, 3.8) is 0 Å². The van der Waals surface area contributed by atoms with Gasteiger partial charge in [-0.25, -0.2) is 4.98 Å². The fraction of sp³-hybridized carbons (Fsp3) is 0.316. The van der Waals surface area contributed by atoms with E-state index in [1.807, 2.05) is 30.3 Å². The maximum absolute atomic E-state index is 12.8. The van der Waals surface area contributed by atoms with E-state index in [9.17, 15) is 22.8 Å². The van der Waals surface area contributed by atoms with Crippen LogP contribution in [0.25, 0.3) is 0 Å². The number of hydrogen-bond acceptors (Lipinski definition) is 4. The van der Waals surface area contributed by atoms with Crippen molar-refractivity contribution in [3.05, 3.63) is 59.8 Å². The zero-order valence-electron chi connectivity index (χ0n) is 14.9. The van der Waals surface area contributed by atoms with Gasteiger partial charge in [0, 0.05) is 31.8 Å². The summed E-state index contributed by atoms with van der Waals surface area (Å²) >= 11 is 0. The molecule has 2 aromatic rings. The molecule has 0 aliphatic carbocycles. The molecule has 1 amide bonds. The monoisotopic (exact) mass is 396 g/mol. The number of nitrogens with zero attached hydrogens (tertiary/aromatic N) is 2. The highest BCUT2D eigenvalue weighted by Crippen LogP contribution is 2.18. The summed E-state index contributed by atoms with van der Waals surface area (Å²) in [7, 11) is 0. The number of hydrogen-bond donors (Lipinski definition) is 1. The molecule has 6 nitrogen and oxygen atoms in total. The number of alkyl halides is 3. The lowest BCUT2D eigenvalue weighted by atomic mass is 10.1. The highest BCUT2D eigenvalue weighted by Gasteiger charge is 2.28. The number of carboxylic acid groups (broad SMARTS) is 1. The molecule has 0 bridgehead atoms. The Hall–Kier alpha value is -3.10. The van der Waals surface area contributed by atoms with Gasteiger partial charge in [-0.1, -0.05) is 30.3 Å². The lowest BCUT2D eigenvalue weighted by molar-refractivity contribution is -0.154. The van der Waals surface area contributed by atoms with Crippen LogP contribution < -0.4 is 4.74 Å². The van der Waals surface area contributed by atoms with Gasteiger partial charge in [0.25, 0.3) is 5.91 Å². The topological polar surface area (TPSA) is 79.7 Å².